The Morgan fingerprint density at radius 2 is 2.03 bits per heavy atom. The number of carbonyl (C=O) groups is 2. The van der Waals surface area contributed by atoms with E-state index in [9.17, 15) is 18.0 Å². The second-order valence-corrected chi connectivity index (χ2v) is 9.46. The lowest BCUT2D eigenvalue weighted by Crippen LogP contribution is -2.44. The normalized spacial score (nSPS) is 17.4. The molecule has 0 bridgehead atoms. The van der Waals surface area contributed by atoms with Crippen molar-refractivity contribution in [2.75, 3.05) is 25.0 Å². The van der Waals surface area contributed by atoms with Gasteiger partial charge in [-0.2, -0.15) is 4.31 Å². The Bertz CT molecular complexity index is 1080. The summed E-state index contributed by atoms with van der Waals surface area (Å²) in [5, 5.41) is 2.79. The van der Waals surface area contributed by atoms with Crippen LogP contribution >= 0.6 is 0 Å². The van der Waals surface area contributed by atoms with Gasteiger partial charge in [0.25, 0.3) is 0 Å². The quantitative estimate of drug-likeness (QED) is 0.679. The van der Waals surface area contributed by atoms with E-state index in [0.29, 0.717) is 29.9 Å². The fraction of sp³-hybridized carbons (Fsp3) is 0.476. The number of hydrogen-bond donors (Lipinski definition) is 1. The van der Waals surface area contributed by atoms with Crippen LogP contribution in [0.3, 0.4) is 0 Å². The highest BCUT2D eigenvalue weighted by molar-refractivity contribution is 7.89. The molecule has 0 spiro atoms. The highest BCUT2D eigenvalue weighted by Crippen LogP contribution is 2.32. The first-order valence-corrected chi connectivity index (χ1v) is 11.7. The highest BCUT2D eigenvalue weighted by Gasteiger charge is 2.39. The molecule has 10 heteroatoms. The summed E-state index contributed by atoms with van der Waals surface area (Å²) in [6.45, 7) is 5.51. The van der Waals surface area contributed by atoms with Crippen LogP contribution in [0, 0.1) is 19.8 Å². The molecule has 2 aromatic heterocycles. The number of nitrogens with one attached hydrogen (secondary N) is 1. The van der Waals surface area contributed by atoms with Crippen LogP contribution < -0.4 is 5.32 Å². The molecule has 168 valence electrons. The lowest BCUT2D eigenvalue weighted by molar-refractivity contribution is -0.120. The predicted octanol–water partition coefficient (Wildman–Crippen LogP) is 2.25. The molecule has 1 aliphatic rings. The molecule has 3 rings (SSSR count). The van der Waals surface area contributed by atoms with Crippen LogP contribution in [0.4, 0.5) is 5.69 Å². The molecular formula is C21H28N4O5S. The zero-order valence-electron chi connectivity index (χ0n) is 18.2. The van der Waals surface area contributed by atoms with Crippen molar-refractivity contribution in [1.29, 1.82) is 0 Å². The minimum absolute atomic E-state index is 0.0423. The number of ether oxygens (including phenoxy) is 1. The van der Waals surface area contributed by atoms with Gasteiger partial charge in [0.15, 0.2) is 0 Å². The average Bonchev–Trinajstić information content (AvgIpc) is 2.99. The summed E-state index contributed by atoms with van der Waals surface area (Å²) in [4.78, 5) is 29.2. The molecule has 1 aliphatic heterocycles. The van der Waals surface area contributed by atoms with Crippen molar-refractivity contribution >= 4 is 27.6 Å². The van der Waals surface area contributed by atoms with Crippen molar-refractivity contribution in [3.8, 4) is 0 Å². The van der Waals surface area contributed by atoms with Crippen molar-refractivity contribution in [1.82, 2.24) is 13.9 Å². The number of hydrogen-bond acceptors (Lipinski definition) is 6. The van der Waals surface area contributed by atoms with E-state index in [1.807, 2.05) is 0 Å². The summed E-state index contributed by atoms with van der Waals surface area (Å²) in [7, 11) is -2.29. The molecule has 1 atom stereocenters. The Labute approximate surface area is 182 Å². The Morgan fingerprint density at radius 1 is 1.29 bits per heavy atom. The molecule has 0 aliphatic carbocycles. The van der Waals surface area contributed by atoms with E-state index < -0.39 is 21.9 Å². The number of amides is 1. The molecule has 0 aromatic carbocycles. The van der Waals surface area contributed by atoms with Gasteiger partial charge in [-0.1, -0.05) is 0 Å². The Kier molecular flexibility index (Phi) is 6.80. The van der Waals surface area contributed by atoms with Gasteiger partial charge in [-0.25, -0.2) is 13.2 Å². The molecule has 3 heterocycles. The zero-order chi connectivity index (χ0) is 22.8. The Hall–Kier alpha value is -2.72. The van der Waals surface area contributed by atoms with Gasteiger partial charge in [0.1, 0.15) is 10.5 Å². The maximum Gasteiger partial charge on any atom is 0.341 e. The number of pyridine rings is 1. The number of anilines is 1. The number of esters is 1. The average molecular weight is 449 g/mol. The molecule has 2 aromatic rings. The topological polar surface area (TPSA) is 111 Å². The first kappa shape index (κ1) is 23.0. The Morgan fingerprint density at radius 3 is 2.68 bits per heavy atom. The summed E-state index contributed by atoms with van der Waals surface area (Å²) in [5.74, 6) is -1.41. The minimum Gasteiger partial charge on any atom is -0.462 e. The van der Waals surface area contributed by atoms with E-state index in [1.165, 1.54) is 10.5 Å². The summed E-state index contributed by atoms with van der Waals surface area (Å²) in [6.07, 6.45) is 4.27. The number of rotatable bonds is 6. The maximum atomic E-state index is 13.6. The van der Waals surface area contributed by atoms with Gasteiger partial charge in [-0.15, -0.1) is 0 Å². The minimum atomic E-state index is -4.01. The van der Waals surface area contributed by atoms with E-state index in [4.69, 9.17) is 4.74 Å². The molecule has 9 nitrogen and oxygen atoms in total. The van der Waals surface area contributed by atoms with Crippen LogP contribution in [0.15, 0.2) is 29.4 Å². The first-order chi connectivity index (χ1) is 14.7. The van der Waals surface area contributed by atoms with Gasteiger partial charge in [-0.05, 0) is 45.7 Å². The molecule has 1 saturated heterocycles. The highest BCUT2D eigenvalue weighted by atomic mass is 32.2. The van der Waals surface area contributed by atoms with Crippen molar-refractivity contribution in [3.63, 3.8) is 0 Å². The van der Waals surface area contributed by atoms with Crippen LogP contribution in [0.25, 0.3) is 0 Å². The van der Waals surface area contributed by atoms with Crippen molar-refractivity contribution < 1.29 is 22.7 Å². The van der Waals surface area contributed by atoms with Gasteiger partial charge in [0, 0.05) is 37.7 Å². The van der Waals surface area contributed by atoms with Crippen LogP contribution in [-0.4, -0.2) is 53.8 Å². The third-order valence-electron chi connectivity index (χ3n) is 5.69. The van der Waals surface area contributed by atoms with E-state index in [0.717, 1.165) is 0 Å². The van der Waals surface area contributed by atoms with E-state index in [-0.39, 0.29) is 36.1 Å². The maximum absolute atomic E-state index is 13.6. The molecule has 0 unspecified atom stereocenters. The molecule has 0 radical (unpaired) electrons. The zero-order valence-corrected chi connectivity index (χ0v) is 19.0. The second kappa shape index (κ2) is 9.19. The Balaban J connectivity index is 1.89. The standard InChI is InChI=1S/C21H28N4O5S/c1-5-30-21(27)18-14(2)24(4)15(3)19(18)31(28,29)25-11-7-8-16(13-25)20(26)23-17-9-6-10-22-12-17/h6,9-10,12,16H,5,7-8,11,13H2,1-4H3,(H,23,26)/t16-/m1/s1. The van der Waals surface area contributed by atoms with Gasteiger partial charge in [0.2, 0.25) is 15.9 Å². The largest absolute Gasteiger partial charge is 0.462 e. The van der Waals surface area contributed by atoms with Crippen LogP contribution in [0.1, 0.15) is 41.5 Å². The van der Waals surface area contributed by atoms with Crippen LogP contribution in [0.2, 0.25) is 0 Å². The van der Waals surface area contributed by atoms with Gasteiger partial charge >= 0.3 is 5.97 Å². The molecule has 1 fully saturated rings. The monoisotopic (exact) mass is 448 g/mol. The number of nitrogens with zero attached hydrogens (tertiary/aromatic N) is 3. The van der Waals surface area contributed by atoms with E-state index >= 15 is 0 Å². The lowest BCUT2D eigenvalue weighted by Gasteiger charge is -2.31. The van der Waals surface area contributed by atoms with Gasteiger partial charge in [0.05, 0.1) is 24.4 Å². The SMILES string of the molecule is CCOC(=O)c1c(S(=O)(=O)N2CCC[C@@H](C(=O)Nc3cccnc3)C2)c(C)n(C)c1C. The van der Waals surface area contributed by atoms with Crippen LogP contribution in [-0.2, 0) is 26.6 Å². The summed E-state index contributed by atoms with van der Waals surface area (Å²) in [5.41, 5.74) is 1.61. The van der Waals surface area contributed by atoms with Crippen LogP contribution in [0.5, 0.6) is 0 Å². The first-order valence-electron chi connectivity index (χ1n) is 10.2. The molecule has 1 N–H and O–H groups in total. The second-order valence-electron chi connectivity index (χ2n) is 7.59. The number of piperidine rings is 1. The third kappa shape index (κ3) is 4.49. The molecule has 1 amide bonds. The number of carbonyl (C=O) groups excluding carboxylic acids is 2. The van der Waals surface area contributed by atoms with E-state index in [1.54, 1.807) is 50.7 Å². The number of sulfonamides is 1. The molecule has 31 heavy (non-hydrogen) atoms. The van der Waals surface area contributed by atoms with Crippen molar-refractivity contribution in [2.45, 2.75) is 38.5 Å². The summed E-state index contributed by atoms with van der Waals surface area (Å²) < 4.78 is 35.3. The number of aromatic nitrogens is 2. The van der Waals surface area contributed by atoms with Crippen molar-refractivity contribution in [2.24, 2.45) is 13.0 Å². The summed E-state index contributed by atoms with van der Waals surface area (Å²) >= 11 is 0. The molecule has 0 saturated carbocycles. The lowest BCUT2D eigenvalue weighted by atomic mass is 9.99. The van der Waals surface area contributed by atoms with Crippen molar-refractivity contribution in [3.05, 3.63) is 41.5 Å². The fourth-order valence-corrected chi connectivity index (χ4v) is 5.86. The fourth-order valence-electron chi connectivity index (χ4n) is 3.86. The van der Waals surface area contributed by atoms with Gasteiger partial charge < -0.3 is 14.6 Å². The molecular weight excluding hydrogens is 420 g/mol. The summed E-state index contributed by atoms with van der Waals surface area (Å²) in [6, 6.07) is 3.44. The predicted molar refractivity (Wildman–Crippen MR) is 115 cm³/mol. The third-order valence-corrected chi connectivity index (χ3v) is 7.71. The van der Waals surface area contributed by atoms with Gasteiger partial charge in [-0.3, -0.25) is 9.78 Å². The smallest absolute Gasteiger partial charge is 0.341 e. The van der Waals surface area contributed by atoms with E-state index in [2.05, 4.69) is 10.3 Å².